The molecule has 0 saturated heterocycles. The summed E-state index contributed by atoms with van der Waals surface area (Å²) >= 11 is 6.07. The van der Waals surface area contributed by atoms with Gasteiger partial charge in [0.25, 0.3) is 0 Å². The molecule has 2 amide bonds. The normalized spacial score (nSPS) is 10.2. The molecule has 0 fully saturated rings. The molecule has 0 aromatic heterocycles. The van der Waals surface area contributed by atoms with Crippen LogP contribution in [0.5, 0.6) is 0 Å². The zero-order valence-electron chi connectivity index (χ0n) is 13.2. The second kappa shape index (κ2) is 7.79. The van der Waals surface area contributed by atoms with Crippen molar-refractivity contribution >= 4 is 29.1 Å². The summed E-state index contributed by atoms with van der Waals surface area (Å²) in [6.07, 6.45) is 0. The summed E-state index contributed by atoms with van der Waals surface area (Å²) in [7, 11) is 0. The molecule has 4 nitrogen and oxygen atoms in total. The fraction of sp³-hybridized carbons (Fsp3) is 0.222. The summed E-state index contributed by atoms with van der Waals surface area (Å²) in [5.41, 5.74) is 2.08. The molecule has 2 aromatic rings. The van der Waals surface area contributed by atoms with Crippen molar-refractivity contribution < 1.29 is 9.59 Å². The van der Waals surface area contributed by atoms with Crippen molar-refractivity contribution in [2.45, 2.75) is 20.4 Å². The highest BCUT2D eigenvalue weighted by Crippen LogP contribution is 2.22. The van der Waals surface area contributed by atoms with E-state index in [2.05, 4.69) is 5.32 Å². The van der Waals surface area contributed by atoms with E-state index in [1.54, 1.807) is 23.1 Å². The predicted octanol–water partition coefficient (Wildman–Crippen LogP) is 4.60. The minimum atomic E-state index is -0.206. The number of halogens is 1. The minimum Gasteiger partial charge on any atom is -0.320 e. The van der Waals surface area contributed by atoms with Gasteiger partial charge in [0.05, 0.1) is 5.02 Å². The zero-order valence-corrected chi connectivity index (χ0v) is 13.9. The third kappa shape index (κ3) is 4.57. The van der Waals surface area contributed by atoms with Crippen LogP contribution >= 0.6 is 11.6 Å². The first-order chi connectivity index (χ1) is 11.0. The first-order valence-electron chi connectivity index (χ1n) is 7.41. The summed E-state index contributed by atoms with van der Waals surface area (Å²) < 4.78 is 0. The van der Waals surface area contributed by atoms with Gasteiger partial charge in [0.15, 0.2) is 5.78 Å². The Morgan fingerprint density at radius 1 is 1.13 bits per heavy atom. The Kier molecular flexibility index (Phi) is 5.77. The topological polar surface area (TPSA) is 49.4 Å². The number of carbonyl (C=O) groups excluding carboxylic acids is 2. The van der Waals surface area contributed by atoms with Crippen LogP contribution in [0.25, 0.3) is 0 Å². The third-order valence-electron chi connectivity index (χ3n) is 3.48. The van der Waals surface area contributed by atoms with E-state index in [-0.39, 0.29) is 11.8 Å². The van der Waals surface area contributed by atoms with Gasteiger partial charge >= 0.3 is 6.03 Å². The molecule has 0 saturated carbocycles. The maximum Gasteiger partial charge on any atom is 0.322 e. The molecule has 5 heteroatoms. The standard InChI is InChI=1S/C18H19ClN2O2/c1-3-21(12-14-7-5-4-6-8-14)18(23)20-15-9-10-16(13(2)22)17(19)11-15/h4-11H,3,12H2,1-2H3,(H,20,23). The lowest BCUT2D eigenvalue weighted by Crippen LogP contribution is -2.34. The van der Waals surface area contributed by atoms with Crippen LogP contribution < -0.4 is 5.32 Å². The monoisotopic (exact) mass is 330 g/mol. The molecular formula is C18H19ClN2O2. The number of carbonyl (C=O) groups is 2. The zero-order chi connectivity index (χ0) is 16.8. The molecule has 0 bridgehead atoms. The smallest absolute Gasteiger partial charge is 0.320 e. The van der Waals surface area contributed by atoms with Crippen LogP contribution in [0.2, 0.25) is 5.02 Å². The van der Waals surface area contributed by atoms with Gasteiger partial charge in [-0.3, -0.25) is 4.79 Å². The molecule has 1 N–H and O–H groups in total. The Morgan fingerprint density at radius 2 is 1.83 bits per heavy atom. The van der Waals surface area contributed by atoms with Gasteiger partial charge in [-0.05, 0) is 37.6 Å². The van der Waals surface area contributed by atoms with Crippen LogP contribution in [0.3, 0.4) is 0 Å². The van der Waals surface area contributed by atoms with Crippen LogP contribution in [0.1, 0.15) is 29.8 Å². The molecule has 120 valence electrons. The number of hydrogen-bond donors (Lipinski definition) is 1. The minimum absolute atomic E-state index is 0.105. The van der Waals surface area contributed by atoms with Gasteiger partial charge in [0, 0.05) is 24.3 Å². The van der Waals surface area contributed by atoms with Crippen LogP contribution in [-0.4, -0.2) is 23.3 Å². The maximum absolute atomic E-state index is 12.4. The predicted molar refractivity (Wildman–Crippen MR) is 93.0 cm³/mol. The van der Waals surface area contributed by atoms with Crippen molar-refractivity contribution in [2.75, 3.05) is 11.9 Å². The van der Waals surface area contributed by atoms with Crippen LogP contribution in [0.15, 0.2) is 48.5 Å². The van der Waals surface area contributed by atoms with Gasteiger partial charge in [0.1, 0.15) is 0 Å². The lowest BCUT2D eigenvalue weighted by atomic mass is 10.1. The highest BCUT2D eigenvalue weighted by atomic mass is 35.5. The van der Waals surface area contributed by atoms with Crippen molar-refractivity contribution in [3.05, 3.63) is 64.7 Å². The lowest BCUT2D eigenvalue weighted by molar-refractivity contribution is 0.101. The lowest BCUT2D eigenvalue weighted by Gasteiger charge is -2.21. The van der Waals surface area contributed by atoms with E-state index < -0.39 is 0 Å². The number of rotatable bonds is 5. The Morgan fingerprint density at radius 3 is 2.39 bits per heavy atom. The molecule has 0 aliphatic rings. The number of nitrogens with zero attached hydrogens (tertiary/aromatic N) is 1. The van der Waals surface area contributed by atoms with E-state index in [0.29, 0.717) is 29.4 Å². The number of ketones is 1. The van der Waals surface area contributed by atoms with Crippen molar-refractivity contribution in [2.24, 2.45) is 0 Å². The summed E-state index contributed by atoms with van der Waals surface area (Å²) in [5, 5.41) is 3.15. The van der Waals surface area contributed by atoms with Crippen molar-refractivity contribution in [1.29, 1.82) is 0 Å². The third-order valence-corrected chi connectivity index (χ3v) is 3.80. The Bertz CT molecular complexity index is 701. The van der Waals surface area contributed by atoms with E-state index in [4.69, 9.17) is 11.6 Å². The molecular weight excluding hydrogens is 312 g/mol. The Labute approximate surface area is 141 Å². The molecule has 0 aliphatic heterocycles. The van der Waals surface area contributed by atoms with E-state index in [9.17, 15) is 9.59 Å². The van der Waals surface area contributed by atoms with Crippen molar-refractivity contribution in [1.82, 2.24) is 4.90 Å². The number of benzene rings is 2. The summed E-state index contributed by atoms with van der Waals surface area (Å²) in [6, 6.07) is 14.5. The highest BCUT2D eigenvalue weighted by molar-refractivity contribution is 6.34. The summed E-state index contributed by atoms with van der Waals surface area (Å²) in [6.45, 7) is 4.49. The number of Topliss-reactive ketones (excluding diaryl/α,β-unsaturated/α-hetero) is 1. The average molecular weight is 331 g/mol. The van der Waals surface area contributed by atoms with Crippen molar-refractivity contribution in [3.8, 4) is 0 Å². The first-order valence-corrected chi connectivity index (χ1v) is 7.79. The molecule has 0 aliphatic carbocycles. The second-order valence-electron chi connectivity index (χ2n) is 5.18. The van der Waals surface area contributed by atoms with Gasteiger partial charge in [0.2, 0.25) is 0 Å². The van der Waals surface area contributed by atoms with E-state index in [1.165, 1.54) is 6.92 Å². The fourth-order valence-electron chi connectivity index (χ4n) is 2.21. The molecule has 0 heterocycles. The number of nitrogens with one attached hydrogen (secondary N) is 1. The van der Waals surface area contributed by atoms with E-state index >= 15 is 0 Å². The van der Waals surface area contributed by atoms with Gasteiger partial charge < -0.3 is 10.2 Å². The van der Waals surface area contributed by atoms with Crippen molar-refractivity contribution in [3.63, 3.8) is 0 Å². The van der Waals surface area contributed by atoms with Crippen LogP contribution in [-0.2, 0) is 6.54 Å². The first kappa shape index (κ1) is 17.0. The number of hydrogen-bond acceptors (Lipinski definition) is 2. The molecule has 0 unspecified atom stereocenters. The molecule has 2 aromatic carbocycles. The van der Waals surface area contributed by atoms with Gasteiger partial charge in [-0.2, -0.15) is 0 Å². The quantitative estimate of drug-likeness (QED) is 0.815. The Balaban J connectivity index is 2.07. The molecule has 23 heavy (non-hydrogen) atoms. The van der Waals surface area contributed by atoms with Gasteiger partial charge in [-0.15, -0.1) is 0 Å². The number of amides is 2. The van der Waals surface area contributed by atoms with Gasteiger partial charge in [-0.1, -0.05) is 41.9 Å². The van der Waals surface area contributed by atoms with Gasteiger partial charge in [-0.25, -0.2) is 4.79 Å². The Hall–Kier alpha value is -2.33. The van der Waals surface area contributed by atoms with E-state index in [0.717, 1.165) is 5.56 Å². The average Bonchev–Trinajstić information content (AvgIpc) is 2.53. The molecule has 0 atom stereocenters. The SMILES string of the molecule is CCN(Cc1ccccc1)C(=O)Nc1ccc(C(C)=O)c(Cl)c1. The summed E-state index contributed by atoms with van der Waals surface area (Å²) in [4.78, 5) is 25.5. The highest BCUT2D eigenvalue weighted by Gasteiger charge is 2.13. The van der Waals surface area contributed by atoms with Crippen LogP contribution in [0, 0.1) is 0 Å². The fourth-order valence-corrected chi connectivity index (χ4v) is 2.53. The maximum atomic E-state index is 12.4. The summed E-state index contributed by atoms with van der Waals surface area (Å²) in [5.74, 6) is -0.105. The number of urea groups is 1. The largest absolute Gasteiger partial charge is 0.322 e. The second-order valence-corrected chi connectivity index (χ2v) is 5.59. The molecule has 2 rings (SSSR count). The van der Waals surface area contributed by atoms with E-state index in [1.807, 2.05) is 37.3 Å². The van der Waals surface area contributed by atoms with Crippen LogP contribution in [0.4, 0.5) is 10.5 Å². The number of anilines is 1. The molecule has 0 radical (unpaired) electrons. The molecule has 0 spiro atoms.